The lowest BCUT2D eigenvalue weighted by Gasteiger charge is -2.25. The van der Waals surface area contributed by atoms with Crippen molar-refractivity contribution >= 4 is 17.6 Å². The molecule has 2 heterocycles. The SMILES string of the molecule is COC(=O)C1=C(C(=O)OC)N(c2cc(F)ccc2OCC2CCCO2)C=CC=C1. The van der Waals surface area contributed by atoms with E-state index in [1.54, 1.807) is 12.2 Å². The van der Waals surface area contributed by atoms with Crippen LogP contribution >= 0.6 is 0 Å². The van der Waals surface area contributed by atoms with E-state index in [-0.39, 0.29) is 29.7 Å². The minimum absolute atomic E-state index is 0.0290. The summed E-state index contributed by atoms with van der Waals surface area (Å²) in [7, 11) is 2.40. The van der Waals surface area contributed by atoms with Crippen LogP contribution in [0.1, 0.15) is 12.8 Å². The summed E-state index contributed by atoms with van der Waals surface area (Å²) in [5.41, 5.74) is 0.0975. The third kappa shape index (κ3) is 4.65. The van der Waals surface area contributed by atoms with Crippen LogP contribution in [0.3, 0.4) is 0 Å². The van der Waals surface area contributed by atoms with Crippen LogP contribution in [0.25, 0.3) is 0 Å². The first-order chi connectivity index (χ1) is 14.0. The lowest BCUT2D eigenvalue weighted by Crippen LogP contribution is -2.27. The van der Waals surface area contributed by atoms with Crippen molar-refractivity contribution in [3.05, 3.63) is 59.7 Å². The summed E-state index contributed by atoms with van der Waals surface area (Å²) >= 11 is 0. The number of carbonyl (C=O) groups excluding carboxylic acids is 2. The van der Waals surface area contributed by atoms with Gasteiger partial charge in [-0.1, -0.05) is 6.08 Å². The van der Waals surface area contributed by atoms with Crippen LogP contribution in [0, 0.1) is 5.82 Å². The number of carbonyl (C=O) groups is 2. The van der Waals surface area contributed by atoms with Crippen LogP contribution in [-0.4, -0.2) is 45.5 Å². The quantitative estimate of drug-likeness (QED) is 0.676. The van der Waals surface area contributed by atoms with E-state index in [4.69, 9.17) is 18.9 Å². The van der Waals surface area contributed by atoms with Gasteiger partial charge in [-0.25, -0.2) is 14.0 Å². The minimum atomic E-state index is -0.782. The Hall–Kier alpha value is -3.13. The van der Waals surface area contributed by atoms with Crippen molar-refractivity contribution < 1.29 is 32.9 Å². The maximum atomic E-state index is 14.1. The van der Waals surface area contributed by atoms with Crippen molar-refractivity contribution in [2.24, 2.45) is 0 Å². The van der Waals surface area contributed by atoms with Gasteiger partial charge in [-0.2, -0.15) is 0 Å². The fraction of sp³-hybridized carbons (Fsp3) is 0.333. The molecule has 2 aliphatic heterocycles. The molecular weight excluding hydrogens is 381 g/mol. The highest BCUT2D eigenvalue weighted by atomic mass is 19.1. The third-order valence-corrected chi connectivity index (χ3v) is 4.52. The van der Waals surface area contributed by atoms with Gasteiger partial charge in [0.1, 0.15) is 23.9 Å². The Morgan fingerprint density at radius 2 is 2.00 bits per heavy atom. The first kappa shape index (κ1) is 20.6. The summed E-state index contributed by atoms with van der Waals surface area (Å²) in [5.74, 6) is -1.71. The zero-order chi connectivity index (χ0) is 20.8. The topological polar surface area (TPSA) is 74.3 Å². The van der Waals surface area contributed by atoms with Crippen molar-refractivity contribution in [3.8, 4) is 5.75 Å². The number of nitrogens with zero attached hydrogens (tertiary/aromatic N) is 1. The summed E-state index contributed by atoms with van der Waals surface area (Å²) < 4.78 is 35.2. The summed E-state index contributed by atoms with van der Waals surface area (Å²) in [4.78, 5) is 26.2. The van der Waals surface area contributed by atoms with E-state index in [2.05, 4.69) is 0 Å². The molecule has 0 bridgehead atoms. The molecule has 0 radical (unpaired) electrons. The van der Waals surface area contributed by atoms with Crippen LogP contribution < -0.4 is 9.64 Å². The number of hydrogen-bond donors (Lipinski definition) is 0. The minimum Gasteiger partial charge on any atom is -0.489 e. The highest BCUT2D eigenvalue weighted by Gasteiger charge is 2.29. The molecule has 8 heteroatoms. The van der Waals surface area contributed by atoms with Crippen LogP contribution in [0.2, 0.25) is 0 Å². The van der Waals surface area contributed by atoms with Crippen molar-refractivity contribution in [3.63, 3.8) is 0 Å². The molecule has 0 N–H and O–H groups in total. The molecule has 0 aromatic heterocycles. The van der Waals surface area contributed by atoms with Gasteiger partial charge in [0.05, 0.1) is 31.6 Å². The van der Waals surface area contributed by atoms with E-state index in [0.717, 1.165) is 12.8 Å². The molecular formula is C21H22FNO6. The summed E-state index contributed by atoms with van der Waals surface area (Å²) in [5, 5.41) is 0. The van der Waals surface area contributed by atoms with E-state index in [1.807, 2.05) is 0 Å². The number of methoxy groups -OCH3 is 2. The maximum Gasteiger partial charge on any atom is 0.355 e. The molecule has 1 aromatic carbocycles. The molecule has 0 saturated carbocycles. The number of halogens is 1. The van der Waals surface area contributed by atoms with Crippen molar-refractivity contribution in [2.75, 3.05) is 32.3 Å². The van der Waals surface area contributed by atoms with Crippen LogP contribution in [0.4, 0.5) is 10.1 Å². The Balaban J connectivity index is 2.05. The number of benzene rings is 1. The first-order valence-electron chi connectivity index (χ1n) is 9.14. The second-order valence-corrected chi connectivity index (χ2v) is 6.37. The van der Waals surface area contributed by atoms with E-state index in [1.165, 1.54) is 49.6 Å². The van der Waals surface area contributed by atoms with Crippen molar-refractivity contribution in [2.45, 2.75) is 18.9 Å². The lowest BCUT2D eigenvalue weighted by atomic mass is 10.1. The predicted octanol–water partition coefficient (Wildman–Crippen LogP) is 2.87. The average Bonchev–Trinajstić information content (AvgIpc) is 3.16. The van der Waals surface area contributed by atoms with Gasteiger partial charge >= 0.3 is 11.9 Å². The van der Waals surface area contributed by atoms with Gasteiger partial charge in [0, 0.05) is 18.9 Å². The molecule has 7 nitrogen and oxygen atoms in total. The van der Waals surface area contributed by atoms with Crippen molar-refractivity contribution in [1.82, 2.24) is 0 Å². The number of esters is 2. The highest BCUT2D eigenvalue weighted by molar-refractivity contribution is 6.05. The summed E-state index contributed by atoms with van der Waals surface area (Å²) in [6, 6.07) is 3.95. The summed E-state index contributed by atoms with van der Waals surface area (Å²) in [6.45, 7) is 0.970. The third-order valence-electron chi connectivity index (χ3n) is 4.52. The number of hydrogen-bond acceptors (Lipinski definition) is 7. The Labute approximate surface area is 168 Å². The molecule has 0 amide bonds. The molecule has 1 aromatic rings. The Morgan fingerprint density at radius 1 is 1.21 bits per heavy atom. The largest absolute Gasteiger partial charge is 0.489 e. The van der Waals surface area contributed by atoms with E-state index in [9.17, 15) is 14.0 Å². The fourth-order valence-corrected chi connectivity index (χ4v) is 3.11. The fourth-order valence-electron chi connectivity index (χ4n) is 3.11. The Bertz CT molecular complexity index is 870. The predicted molar refractivity (Wildman–Crippen MR) is 103 cm³/mol. The van der Waals surface area contributed by atoms with Gasteiger partial charge in [0.2, 0.25) is 0 Å². The Morgan fingerprint density at radius 3 is 2.69 bits per heavy atom. The molecule has 0 spiro atoms. The molecule has 1 saturated heterocycles. The maximum absolute atomic E-state index is 14.1. The standard InChI is InChI=1S/C21H22FNO6/c1-26-20(24)16-7-3-4-10-23(19(16)21(25)27-2)17-12-14(22)8-9-18(17)29-13-15-6-5-11-28-15/h3-4,7-10,12,15H,5-6,11,13H2,1-2H3. The Kier molecular flexibility index (Phi) is 6.66. The second-order valence-electron chi connectivity index (χ2n) is 6.37. The summed E-state index contributed by atoms with van der Waals surface area (Å²) in [6.07, 6.45) is 7.92. The van der Waals surface area contributed by atoms with E-state index in [0.29, 0.717) is 12.4 Å². The van der Waals surface area contributed by atoms with Gasteiger partial charge in [0.25, 0.3) is 0 Å². The van der Waals surface area contributed by atoms with Crippen LogP contribution in [0.15, 0.2) is 53.9 Å². The molecule has 1 atom stereocenters. The number of anilines is 1. The van der Waals surface area contributed by atoms with Crippen LogP contribution in [-0.2, 0) is 23.8 Å². The number of allylic oxidation sites excluding steroid dienone is 2. The molecule has 3 rings (SSSR count). The smallest absolute Gasteiger partial charge is 0.355 e. The zero-order valence-electron chi connectivity index (χ0n) is 16.2. The van der Waals surface area contributed by atoms with Crippen LogP contribution in [0.5, 0.6) is 5.75 Å². The van der Waals surface area contributed by atoms with Gasteiger partial charge in [-0.15, -0.1) is 0 Å². The average molecular weight is 403 g/mol. The molecule has 29 heavy (non-hydrogen) atoms. The molecule has 154 valence electrons. The molecule has 1 fully saturated rings. The van der Waals surface area contributed by atoms with Gasteiger partial charge in [-0.05, 0) is 37.1 Å². The monoisotopic (exact) mass is 403 g/mol. The highest BCUT2D eigenvalue weighted by Crippen LogP contribution is 2.35. The molecule has 2 aliphatic rings. The van der Waals surface area contributed by atoms with Gasteiger partial charge < -0.3 is 23.8 Å². The van der Waals surface area contributed by atoms with Gasteiger partial charge in [0.15, 0.2) is 0 Å². The number of ether oxygens (including phenoxy) is 4. The zero-order valence-corrected chi connectivity index (χ0v) is 16.2. The lowest BCUT2D eigenvalue weighted by molar-refractivity contribution is -0.139. The normalized spacial score (nSPS) is 18.6. The first-order valence-corrected chi connectivity index (χ1v) is 9.14. The number of rotatable bonds is 6. The van der Waals surface area contributed by atoms with E-state index < -0.39 is 17.8 Å². The molecule has 0 aliphatic carbocycles. The second kappa shape index (κ2) is 9.38. The van der Waals surface area contributed by atoms with E-state index >= 15 is 0 Å². The van der Waals surface area contributed by atoms with Crippen molar-refractivity contribution in [1.29, 1.82) is 0 Å². The van der Waals surface area contributed by atoms with Gasteiger partial charge in [-0.3, -0.25) is 0 Å². The molecule has 1 unspecified atom stereocenters.